The van der Waals surface area contributed by atoms with E-state index in [1.54, 1.807) is 0 Å². The molecule has 2 N–H and O–H groups in total. The maximum absolute atomic E-state index is 12.4. The Morgan fingerprint density at radius 1 is 0.973 bits per heavy atom. The summed E-state index contributed by atoms with van der Waals surface area (Å²) in [6.45, 7) is 0.0461. The van der Waals surface area contributed by atoms with Crippen LogP contribution in [0, 0.1) is 3.57 Å². The standard InChI is InChI=1S/C28H23IN2O6/c29-20-15-31(27(34)30-26(20)33)25-14-21(32)24(37-25)16-35-28(17-8-2-1-3-9-17)18-10-4-6-12-22(18)36-23-13-7-5-11-19(23)28/h1-13,15,21,24-25,32H,14,16H2,(H,30,33,34)/t21?,24-,25-/m0/s1. The molecule has 0 amide bonds. The molecule has 1 aromatic heterocycles. The van der Waals surface area contributed by atoms with E-state index < -0.39 is 35.3 Å². The second-order valence-corrected chi connectivity index (χ2v) is 10.2. The van der Waals surface area contributed by atoms with Crippen molar-refractivity contribution in [2.24, 2.45) is 0 Å². The molecule has 2 aliphatic rings. The lowest BCUT2D eigenvalue weighted by molar-refractivity contribution is -0.0961. The lowest BCUT2D eigenvalue weighted by atomic mass is 9.77. The Morgan fingerprint density at radius 3 is 2.27 bits per heavy atom. The third-order valence-electron chi connectivity index (χ3n) is 6.84. The van der Waals surface area contributed by atoms with Crippen LogP contribution in [-0.4, -0.2) is 33.5 Å². The van der Waals surface area contributed by atoms with Crippen molar-refractivity contribution in [3.63, 3.8) is 0 Å². The number of aliphatic hydroxyl groups excluding tert-OH is 1. The molecule has 1 saturated heterocycles. The summed E-state index contributed by atoms with van der Waals surface area (Å²) in [6, 6.07) is 25.4. The molecular weight excluding hydrogens is 587 g/mol. The largest absolute Gasteiger partial charge is 0.457 e. The molecule has 8 nitrogen and oxygen atoms in total. The Labute approximate surface area is 225 Å². The molecule has 2 aliphatic heterocycles. The lowest BCUT2D eigenvalue weighted by Crippen LogP contribution is -2.39. The van der Waals surface area contributed by atoms with Gasteiger partial charge in [-0.1, -0.05) is 66.7 Å². The molecule has 6 rings (SSSR count). The number of hydrogen-bond donors (Lipinski definition) is 2. The molecule has 0 spiro atoms. The summed E-state index contributed by atoms with van der Waals surface area (Å²) in [6.07, 6.45) is -0.684. The number of fused-ring (bicyclic) bond motifs is 2. The van der Waals surface area contributed by atoms with Crippen LogP contribution in [0.15, 0.2) is 94.6 Å². The number of hydrogen-bond acceptors (Lipinski definition) is 6. The lowest BCUT2D eigenvalue weighted by Gasteiger charge is -2.41. The van der Waals surface area contributed by atoms with Crippen molar-refractivity contribution >= 4 is 22.6 Å². The van der Waals surface area contributed by atoms with Gasteiger partial charge in [-0.2, -0.15) is 0 Å². The number of ether oxygens (including phenoxy) is 3. The molecule has 0 bridgehead atoms. The smallest absolute Gasteiger partial charge is 0.330 e. The van der Waals surface area contributed by atoms with Crippen molar-refractivity contribution in [1.82, 2.24) is 9.55 Å². The Hall–Kier alpha value is -3.25. The first-order chi connectivity index (χ1) is 18.0. The van der Waals surface area contributed by atoms with Gasteiger partial charge in [-0.05, 0) is 40.3 Å². The first kappa shape index (κ1) is 24.1. The molecule has 1 unspecified atom stereocenters. The highest BCUT2D eigenvalue weighted by Gasteiger charge is 2.46. The second kappa shape index (κ2) is 9.56. The number of nitrogens with zero attached hydrogens (tertiary/aromatic N) is 1. The summed E-state index contributed by atoms with van der Waals surface area (Å²) in [5.41, 5.74) is 0.538. The van der Waals surface area contributed by atoms with Gasteiger partial charge in [-0.3, -0.25) is 14.3 Å². The van der Waals surface area contributed by atoms with Crippen LogP contribution in [0.4, 0.5) is 0 Å². The number of benzene rings is 3. The van der Waals surface area contributed by atoms with E-state index in [4.69, 9.17) is 14.2 Å². The Kier molecular flexibility index (Phi) is 6.23. The zero-order chi connectivity index (χ0) is 25.6. The highest BCUT2D eigenvalue weighted by atomic mass is 127. The average molecular weight is 610 g/mol. The molecule has 3 heterocycles. The number of aliphatic hydroxyl groups is 1. The summed E-state index contributed by atoms with van der Waals surface area (Å²) in [5, 5.41) is 10.9. The summed E-state index contributed by atoms with van der Waals surface area (Å²) < 4.78 is 20.8. The van der Waals surface area contributed by atoms with Crippen LogP contribution >= 0.6 is 22.6 Å². The van der Waals surface area contributed by atoms with Crippen molar-refractivity contribution in [3.8, 4) is 11.5 Å². The van der Waals surface area contributed by atoms with Crippen LogP contribution in [0.3, 0.4) is 0 Å². The number of aromatic nitrogens is 2. The van der Waals surface area contributed by atoms with E-state index in [9.17, 15) is 14.7 Å². The molecule has 9 heteroatoms. The van der Waals surface area contributed by atoms with E-state index in [-0.39, 0.29) is 13.0 Å². The third-order valence-corrected chi connectivity index (χ3v) is 7.60. The van der Waals surface area contributed by atoms with Gasteiger partial charge in [-0.15, -0.1) is 0 Å². The van der Waals surface area contributed by atoms with E-state index >= 15 is 0 Å². The minimum atomic E-state index is -1.02. The fourth-order valence-electron chi connectivity index (χ4n) is 5.10. The van der Waals surface area contributed by atoms with E-state index in [2.05, 4.69) is 4.98 Å². The van der Waals surface area contributed by atoms with E-state index in [0.29, 0.717) is 15.1 Å². The zero-order valence-electron chi connectivity index (χ0n) is 19.5. The number of H-pyrrole nitrogens is 1. The van der Waals surface area contributed by atoms with Crippen molar-refractivity contribution in [2.45, 2.75) is 30.5 Å². The van der Waals surface area contributed by atoms with Crippen molar-refractivity contribution in [2.75, 3.05) is 6.61 Å². The van der Waals surface area contributed by atoms with Gasteiger partial charge >= 0.3 is 5.69 Å². The minimum absolute atomic E-state index is 0.0461. The van der Waals surface area contributed by atoms with Gasteiger partial charge in [0, 0.05) is 23.7 Å². The van der Waals surface area contributed by atoms with Gasteiger partial charge in [0.1, 0.15) is 23.8 Å². The van der Waals surface area contributed by atoms with E-state index in [0.717, 1.165) is 16.7 Å². The van der Waals surface area contributed by atoms with Gasteiger partial charge in [0.25, 0.3) is 5.56 Å². The second-order valence-electron chi connectivity index (χ2n) is 9.03. The molecule has 37 heavy (non-hydrogen) atoms. The normalized spacial score (nSPS) is 21.6. The van der Waals surface area contributed by atoms with Crippen molar-refractivity contribution in [1.29, 1.82) is 0 Å². The molecule has 1 fully saturated rings. The Balaban J connectivity index is 1.38. The number of nitrogens with one attached hydrogen (secondary N) is 1. The molecule has 188 valence electrons. The molecule has 3 aromatic carbocycles. The fraction of sp³-hybridized carbons (Fsp3) is 0.214. The summed E-state index contributed by atoms with van der Waals surface area (Å²) in [7, 11) is 0. The average Bonchev–Trinajstić information content (AvgIpc) is 3.29. The SMILES string of the molecule is O=c1[nH]c(=O)n([C@@H]2CC(O)[C@H](COC3(c4ccccc4)c4ccccc4Oc4ccccc43)O2)cc1I. The topological polar surface area (TPSA) is 103 Å². The molecular formula is C28H23IN2O6. The van der Waals surface area contributed by atoms with Gasteiger partial charge in [0.2, 0.25) is 0 Å². The van der Waals surface area contributed by atoms with Crippen LogP contribution in [-0.2, 0) is 15.1 Å². The predicted octanol–water partition coefficient (Wildman–Crippen LogP) is 3.90. The summed E-state index contributed by atoms with van der Waals surface area (Å²) in [4.78, 5) is 26.5. The third kappa shape index (κ3) is 4.11. The molecule has 0 saturated carbocycles. The van der Waals surface area contributed by atoms with Crippen LogP contribution in [0.5, 0.6) is 11.5 Å². The van der Waals surface area contributed by atoms with Crippen LogP contribution in [0.25, 0.3) is 0 Å². The van der Waals surface area contributed by atoms with E-state index in [1.807, 2.05) is 101 Å². The van der Waals surface area contributed by atoms with Crippen molar-refractivity contribution in [3.05, 3.63) is 126 Å². The number of rotatable bonds is 5. The zero-order valence-corrected chi connectivity index (χ0v) is 21.7. The summed E-state index contributed by atoms with van der Waals surface area (Å²) in [5.74, 6) is 1.37. The molecule has 4 aromatic rings. The Morgan fingerprint density at radius 2 is 1.59 bits per heavy atom. The van der Waals surface area contributed by atoms with Gasteiger partial charge in [-0.25, -0.2) is 4.79 Å². The first-order valence-corrected chi connectivity index (χ1v) is 13.0. The Bertz CT molecular complexity index is 1520. The maximum Gasteiger partial charge on any atom is 0.330 e. The minimum Gasteiger partial charge on any atom is -0.457 e. The van der Waals surface area contributed by atoms with Crippen LogP contribution in [0.2, 0.25) is 0 Å². The van der Waals surface area contributed by atoms with Gasteiger partial charge in [0.05, 0.1) is 16.3 Å². The number of aromatic amines is 1. The first-order valence-electron chi connectivity index (χ1n) is 11.9. The quantitative estimate of drug-likeness (QED) is 0.333. The maximum atomic E-state index is 12.4. The highest BCUT2D eigenvalue weighted by Crippen LogP contribution is 2.52. The van der Waals surface area contributed by atoms with Crippen LogP contribution in [0.1, 0.15) is 29.3 Å². The number of halogens is 1. The summed E-state index contributed by atoms with van der Waals surface area (Å²) >= 11 is 1.86. The monoisotopic (exact) mass is 610 g/mol. The van der Waals surface area contributed by atoms with Crippen molar-refractivity contribution < 1.29 is 19.3 Å². The highest BCUT2D eigenvalue weighted by molar-refractivity contribution is 14.1. The van der Waals surface area contributed by atoms with Crippen LogP contribution < -0.4 is 16.0 Å². The number of para-hydroxylation sites is 2. The molecule has 0 radical (unpaired) electrons. The predicted molar refractivity (Wildman–Crippen MR) is 144 cm³/mol. The molecule has 3 atom stereocenters. The van der Waals surface area contributed by atoms with E-state index in [1.165, 1.54) is 10.8 Å². The van der Waals surface area contributed by atoms with Gasteiger partial charge < -0.3 is 19.3 Å². The van der Waals surface area contributed by atoms with Gasteiger partial charge in [0.15, 0.2) is 5.60 Å². The fourth-order valence-corrected chi connectivity index (χ4v) is 5.53. The molecule has 0 aliphatic carbocycles.